The Hall–Kier alpha value is -2.64. The van der Waals surface area contributed by atoms with Crippen molar-refractivity contribution in [3.05, 3.63) is 75.5 Å². The second-order valence-electron chi connectivity index (χ2n) is 5.87. The zero-order valence-electron chi connectivity index (χ0n) is 14.6. The number of halogens is 4. The van der Waals surface area contributed by atoms with E-state index in [1.54, 1.807) is 6.92 Å². The van der Waals surface area contributed by atoms with Crippen LogP contribution in [0, 0.1) is 6.92 Å². The fraction of sp³-hybridized carbons (Fsp3) is 0.158. The lowest BCUT2D eigenvalue weighted by Gasteiger charge is -2.10. The predicted octanol–water partition coefficient (Wildman–Crippen LogP) is 5.40. The number of anilines is 1. The number of benzene rings is 2. The van der Waals surface area contributed by atoms with Crippen molar-refractivity contribution in [2.45, 2.75) is 20.1 Å². The molecule has 0 radical (unpaired) electrons. The van der Waals surface area contributed by atoms with Gasteiger partial charge in [0.2, 0.25) is 0 Å². The minimum absolute atomic E-state index is 0.0549. The number of alkyl halides is 2. The van der Waals surface area contributed by atoms with Gasteiger partial charge in [-0.3, -0.25) is 4.79 Å². The molecular formula is C19H15Cl2F2N3O2. The predicted molar refractivity (Wildman–Crippen MR) is 104 cm³/mol. The van der Waals surface area contributed by atoms with Gasteiger partial charge in [-0.1, -0.05) is 53.5 Å². The number of aryl methyl sites for hydroxylation is 1. The van der Waals surface area contributed by atoms with Gasteiger partial charge in [0.15, 0.2) is 0 Å². The molecule has 2 aromatic carbocycles. The fourth-order valence-corrected chi connectivity index (χ4v) is 3.18. The summed E-state index contributed by atoms with van der Waals surface area (Å²) in [5.74, 6) is -0.667. The molecule has 0 saturated carbocycles. The summed E-state index contributed by atoms with van der Waals surface area (Å²) >= 11 is 12.3. The van der Waals surface area contributed by atoms with Crippen LogP contribution in [0.15, 0.2) is 48.5 Å². The number of hydrogen-bond acceptors (Lipinski definition) is 3. The minimum Gasteiger partial charge on any atom is -0.433 e. The molecule has 5 nitrogen and oxygen atoms in total. The molecular weight excluding hydrogens is 411 g/mol. The van der Waals surface area contributed by atoms with E-state index in [1.807, 2.05) is 30.3 Å². The lowest BCUT2D eigenvalue weighted by molar-refractivity contribution is -0.0497. The Morgan fingerprint density at radius 1 is 1.21 bits per heavy atom. The molecule has 146 valence electrons. The number of rotatable bonds is 6. The Morgan fingerprint density at radius 2 is 1.93 bits per heavy atom. The molecule has 0 unspecified atom stereocenters. The summed E-state index contributed by atoms with van der Waals surface area (Å²) in [6.45, 7) is -0.899. The van der Waals surface area contributed by atoms with Crippen molar-refractivity contribution in [3.63, 3.8) is 0 Å². The molecule has 0 bridgehead atoms. The lowest BCUT2D eigenvalue weighted by Crippen LogP contribution is -2.13. The molecule has 0 aliphatic heterocycles. The number of aromatic nitrogens is 2. The highest BCUT2D eigenvalue weighted by Gasteiger charge is 2.21. The van der Waals surface area contributed by atoms with Gasteiger partial charge in [0.05, 0.1) is 22.8 Å². The van der Waals surface area contributed by atoms with E-state index in [0.717, 1.165) is 5.56 Å². The molecule has 1 N–H and O–H groups in total. The van der Waals surface area contributed by atoms with Crippen LogP contribution in [0.25, 0.3) is 0 Å². The first-order chi connectivity index (χ1) is 13.3. The molecule has 28 heavy (non-hydrogen) atoms. The number of nitrogens with one attached hydrogen (secondary N) is 1. The van der Waals surface area contributed by atoms with Gasteiger partial charge < -0.3 is 10.1 Å². The van der Waals surface area contributed by atoms with Gasteiger partial charge in [-0.25, -0.2) is 4.68 Å². The van der Waals surface area contributed by atoms with Crippen LogP contribution < -0.4 is 10.1 Å². The van der Waals surface area contributed by atoms with Gasteiger partial charge in [-0.2, -0.15) is 13.9 Å². The van der Waals surface area contributed by atoms with Crippen molar-refractivity contribution in [2.24, 2.45) is 0 Å². The largest absolute Gasteiger partial charge is 0.433 e. The van der Waals surface area contributed by atoms with Crippen LogP contribution in [0.3, 0.4) is 0 Å². The summed E-state index contributed by atoms with van der Waals surface area (Å²) in [4.78, 5) is 12.7. The number of nitrogens with zero attached hydrogens (tertiary/aromatic N) is 2. The first kappa shape index (κ1) is 20.1. The van der Waals surface area contributed by atoms with Crippen LogP contribution in [-0.2, 0) is 6.54 Å². The summed E-state index contributed by atoms with van der Waals surface area (Å²) in [5.41, 5.74) is 1.98. The van der Waals surface area contributed by atoms with Gasteiger partial charge in [0, 0.05) is 5.69 Å². The number of ether oxygens (including phenoxy) is 1. The van der Waals surface area contributed by atoms with Gasteiger partial charge >= 0.3 is 6.61 Å². The van der Waals surface area contributed by atoms with Crippen molar-refractivity contribution < 1.29 is 18.3 Å². The standard InChI is InChI=1S/C19H15Cl2F2N3O2/c1-11-16(17(21)26(25-11)10-12-5-3-2-4-6-12)18(27)24-13-7-8-15(14(20)9-13)28-19(22)23/h2-9,19H,10H2,1H3,(H,24,27). The molecule has 0 saturated heterocycles. The third kappa shape index (κ3) is 4.61. The van der Waals surface area contributed by atoms with Crippen LogP contribution in [0.2, 0.25) is 10.2 Å². The first-order valence-corrected chi connectivity index (χ1v) is 8.93. The molecule has 0 atom stereocenters. The second kappa shape index (κ2) is 8.58. The van der Waals surface area contributed by atoms with E-state index < -0.39 is 12.5 Å². The monoisotopic (exact) mass is 425 g/mol. The quantitative estimate of drug-likeness (QED) is 0.574. The van der Waals surface area contributed by atoms with Crippen molar-refractivity contribution in [1.82, 2.24) is 9.78 Å². The van der Waals surface area contributed by atoms with E-state index in [2.05, 4.69) is 15.2 Å². The normalized spacial score (nSPS) is 10.9. The Balaban J connectivity index is 1.78. The summed E-state index contributed by atoms with van der Waals surface area (Å²) < 4.78 is 30.4. The molecule has 0 spiro atoms. The molecule has 0 aliphatic rings. The average Bonchev–Trinajstić information content (AvgIpc) is 2.91. The maximum atomic E-state index is 12.7. The van der Waals surface area contributed by atoms with Crippen LogP contribution in [0.5, 0.6) is 5.75 Å². The van der Waals surface area contributed by atoms with Crippen LogP contribution >= 0.6 is 23.2 Å². The van der Waals surface area contributed by atoms with Crippen LogP contribution in [0.4, 0.5) is 14.5 Å². The van der Waals surface area contributed by atoms with Gasteiger partial charge in [-0.15, -0.1) is 0 Å². The maximum Gasteiger partial charge on any atom is 0.387 e. The zero-order valence-corrected chi connectivity index (χ0v) is 16.1. The van der Waals surface area contributed by atoms with E-state index >= 15 is 0 Å². The average molecular weight is 426 g/mol. The SMILES string of the molecule is Cc1nn(Cc2ccccc2)c(Cl)c1C(=O)Nc1ccc(OC(F)F)c(Cl)c1. The van der Waals surface area contributed by atoms with Crippen molar-refractivity contribution in [3.8, 4) is 5.75 Å². The highest BCUT2D eigenvalue weighted by Crippen LogP contribution is 2.30. The molecule has 1 heterocycles. The van der Waals surface area contributed by atoms with Crippen molar-refractivity contribution in [2.75, 3.05) is 5.32 Å². The first-order valence-electron chi connectivity index (χ1n) is 8.17. The van der Waals surface area contributed by atoms with Crippen LogP contribution in [0.1, 0.15) is 21.6 Å². The molecule has 3 aromatic rings. The molecule has 1 aromatic heterocycles. The molecule has 0 aliphatic carbocycles. The number of carbonyl (C=O) groups excluding carboxylic acids is 1. The maximum absolute atomic E-state index is 12.7. The Bertz CT molecular complexity index is 994. The van der Waals surface area contributed by atoms with Crippen molar-refractivity contribution in [1.29, 1.82) is 0 Å². The Morgan fingerprint density at radius 3 is 2.57 bits per heavy atom. The highest BCUT2D eigenvalue weighted by molar-refractivity contribution is 6.34. The smallest absolute Gasteiger partial charge is 0.387 e. The van der Waals surface area contributed by atoms with Crippen molar-refractivity contribution >= 4 is 34.8 Å². The van der Waals surface area contributed by atoms with E-state index in [0.29, 0.717) is 17.9 Å². The summed E-state index contributed by atoms with van der Waals surface area (Å²) in [7, 11) is 0. The second-order valence-corrected chi connectivity index (χ2v) is 6.64. The minimum atomic E-state index is -2.99. The van der Waals surface area contributed by atoms with Gasteiger partial charge in [-0.05, 0) is 30.7 Å². The fourth-order valence-electron chi connectivity index (χ4n) is 2.64. The lowest BCUT2D eigenvalue weighted by atomic mass is 10.2. The summed E-state index contributed by atoms with van der Waals surface area (Å²) in [6, 6.07) is 13.5. The van der Waals surface area contributed by atoms with E-state index in [9.17, 15) is 13.6 Å². The third-order valence-electron chi connectivity index (χ3n) is 3.87. The molecule has 9 heteroatoms. The molecule has 3 rings (SSSR count). The number of carbonyl (C=O) groups is 1. The molecule has 1 amide bonds. The zero-order chi connectivity index (χ0) is 20.3. The van der Waals surface area contributed by atoms with E-state index in [1.165, 1.54) is 22.9 Å². The third-order valence-corrected chi connectivity index (χ3v) is 4.55. The Kier molecular flexibility index (Phi) is 6.16. The summed E-state index contributed by atoms with van der Waals surface area (Å²) in [6.07, 6.45) is 0. The number of hydrogen-bond donors (Lipinski definition) is 1. The van der Waals surface area contributed by atoms with E-state index in [-0.39, 0.29) is 21.5 Å². The van der Waals surface area contributed by atoms with E-state index in [4.69, 9.17) is 23.2 Å². The van der Waals surface area contributed by atoms with Crippen LogP contribution in [-0.4, -0.2) is 22.3 Å². The summed E-state index contributed by atoms with van der Waals surface area (Å²) in [5, 5.41) is 7.10. The topological polar surface area (TPSA) is 56.2 Å². The van der Waals surface area contributed by atoms with Gasteiger partial charge in [0.1, 0.15) is 10.9 Å². The highest BCUT2D eigenvalue weighted by atomic mass is 35.5. The molecule has 0 fully saturated rings. The Labute approximate surface area is 169 Å². The van der Waals surface area contributed by atoms with Gasteiger partial charge in [0.25, 0.3) is 5.91 Å². The number of amides is 1.